The predicted molar refractivity (Wildman–Crippen MR) is 78.9 cm³/mol. The second-order valence-electron chi connectivity index (χ2n) is 3.87. The fraction of sp³-hybridized carbons (Fsp3) is 0.273. The van der Waals surface area contributed by atoms with E-state index in [9.17, 15) is 4.79 Å². The van der Waals surface area contributed by atoms with Crippen molar-refractivity contribution in [1.29, 1.82) is 0 Å². The maximum atomic E-state index is 12.0. The molecule has 1 atom stereocenters. The van der Waals surface area contributed by atoms with Gasteiger partial charge in [0.1, 0.15) is 0 Å². The second-order valence-corrected chi connectivity index (χ2v) is 7.09. The zero-order valence-corrected chi connectivity index (χ0v) is 13.5. The summed E-state index contributed by atoms with van der Waals surface area (Å²) in [4.78, 5) is 16.6. The number of hydrogen-bond acceptors (Lipinski definition) is 3. The van der Waals surface area contributed by atoms with Crippen LogP contribution in [-0.4, -0.2) is 21.5 Å². The van der Waals surface area contributed by atoms with Gasteiger partial charge in [0.25, 0.3) is 5.91 Å². The molecule has 0 radical (unpaired) electrons. The molecule has 0 spiro atoms. The molecule has 0 saturated heterocycles. The Hall–Kier alpha value is -0.660. The molecule has 4 nitrogen and oxygen atoms in total. The van der Waals surface area contributed by atoms with E-state index in [4.69, 9.17) is 0 Å². The normalized spacial score (nSPS) is 12.4. The van der Waals surface area contributed by atoms with Crippen LogP contribution in [0.4, 0.5) is 0 Å². The van der Waals surface area contributed by atoms with Crippen LogP contribution in [0.25, 0.3) is 0 Å². The molecule has 0 aliphatic heterocycles. The number of nitrogens with one attached hydrogen (secondary N) is 1. The number of rotatable bonds is 4. The van der Waals surface area contributed by atoms with Gasteiger partial charge in [0, 0.05) is 29.5 Å². The topological polar surface area (TPSA) is 46.9 Å². The standard InChI is InChI=1S/C11H11Br2N3OS/c1-7(5-16-3-2-14-6-16)15-11(17)9-4-8(12)10(13)18-9/h2-4,6-7H,5H2,1H3,(H,15,17). The van der Waals surface area contributed by atoms with Gasteiger partial charge >= 0.3 is 0 Å². The van der Waals surface area contributed by atoms with E-state index < -0.39 is 0 Å². The van der Waals surface area contributed by atoms with E-state index in [1.807, 2.05) is 23.8 Å². The van der Waals surface area contributed by atoms with E-state index in [2.05, 4.69) is 42.2 Å². The van der Waals surface area contributed by atoms with Gasteiger partial charge in [0.2, 0.25) is 0 Å². The Morgan fingerprint density at radius 2 is 2.39 bits per heavy atom. The van der Waals surface area contributed by atoms with Crippen LogP contribution in [0.5, 0.6) is 0 Å². The molecule has 2 rings (SSSR count). The van der Waals surface area contributed by atoms with Crippen LogP contribution in [0.1, 0.15) is 16.6 Å². The van der Waals surface area contributed by atoms with Crippen molar-refractivity contribution in [2.75, 3.05) is 0 Å². The number of nitrogens with zero attached hydrogens (tertiary/aromatic N) is 2. The first-order valence-corrected chi connectivity index (χ1v) is 7.68. The number of aromatic nitrogens is 2. The summed E-state index contributed by atoms with van der Waals surface area (Å²) in [7, 11) is 0. The van der Waals surface area contributed by atoms with Crippen LogP contribution < -0.4 is 5.32 Å². The molecule has 0 fully saturated rings. The molecule has 0 aliphatic rings. The molecule has 1 unspecified atom stereocenters. The lowest BCUT2D eigenvalue weighted by atomic mass is 10.3. The minimum absolute atomic E-state index is 0.0475. The van der Waals surface area contributed by atoms with Gasteiger partial charge in [-0.05, 0) is 44.8 Å². The lowest BCUT2D eigenvalue weighted by Gasteiger charge is -2.13. The van der Waals surface area contributed by atoms with E-state index in [1.54, 1.807) is 12.5 Å². The van der Waals surface area contributed by atoms with E-state index in [-0.39, 0.29) is 11.9 Å². The van der Waals surface area contributed by atoms with Crippen molar-refractivity contribution < 1.29 is 4.79 Å². The number of imidazole rings is 1. The van der Waals surface area contributed by atoms with Crippen molar-refractivity contribution in [3.05, 3.63) is 37.9 Å². The van der Waals surface area contributed by atoms with Gasteiger partial charge in [0.05, 0.1) is 15.0 Å². The summed E-state index contributed by atoms with van der Waals surface area (Å²) in [6.45, 7) is 2.68. The first-order valence-electron chi connectivity index (χ1n) is 5.27. The summed E-state index contributed by atoms with van der Waals surface area (Å²) >= 11 is 8.16. The lowest BCUT2D eigenvalue weighted by Crippen LogP contribution is -2.35. The molecule has 2 heterocycles. The zero-order valence-electron chi connectivity index (χ0n) is 9.56. The monoisotopic (exact) mass is 391 g/mol. The highest BCUT2D eigenvalue weighted by Gasteiger charge is 2.14. The van der Waals surface area contributed by atoms with Gasteiger partial charge in [-0.3, -0.25) is 4.79 Å². The molecule has 0 aromatic carbocycles. The minimum atomic E-state index is -0.0565. The summed E-state index contributed by atoms with van der Waals surface area (Å²) < 4.78 is 3.76. The van der Waals surface area contributed by atoms with E-state index in [0.717, 1.165) is 8.26 Å². The average molecular weight is 393 g/mol. The fourth-order valence-corrected chi connectivity index (χ4v) is 3.45. The highest BCUT2D eigenvalue weighted by molar-refractivity contribution is 9.13. The Kier molecular flexibility index (Phi) is 4.58. The van der Waals surface area contributed by atoms with Crippen LogP contribution in [-0.2, 0) is 6.54 Å². The Bertz CT molecular complexity index is 519. The van der Waals surface area contributed by atoms with Crippen LogP contribution >= 0.6 is 43.2 Å². The Labute approximate surface area is 126 Å². The quantitative estimate of drug-likeness (QED) is 0.867. The van der Waals surface area contributed by atoms with Crippen molar-refractivity contribution >= 4 is 49.1 Å². The number of halogens is 2. The van der Waals surface area contributed by atoms with Gasteiger partial charge in [-0.15, -0.1) is 11.3 Å². The van der Waals surface area contributed by atoms with Crippen LogP contribution in [0.3, 0.4) is 0 Å². The van der Waals surface area contributed by atoms with Gasteiger partial charge in [-0.2, -0.15) is 0 Å². The Morgan fingerprint density at radius 3 is 2.94 bits per heavy atom. The van der Waals surface area contributed by atoms with E-state index in [0.29, 0.717) is 11.4 Å². The summed E-state index contributed by atoms with van der Waals surface area (Å²) in [6.07, 6.45) is 5.34. The molecule has 0 aliphatic carbocycles. The molecule has 2 aromatic rings. The Morgan fingerprint density at radius 1 is 1.61 bits per heavy atom. The summed E-state index contributed by atoms with van der Waals surface area (Å²) in [5, 5.41) is 2.96. The number of hydrogen-bond donors (Lipinski definition) is 1. The molecule has 0 saturated carbocycles. The third kappa shape index (κ3) is 3.43. The summed E-state index contributed by atoms with van der Waals surface area (Å²) in [5.41, 5.74) is 0. The zero-order chi connectivity index (χ0) is 13.1. The highest BCUT2D eigenvalue weighted by Crippen LogP contribution is 2.32. The largest absolute Gasteiger partial charge is 0.347 e. The van der Waals surface area contributed by atoms with Crippen molar-refractivity contribution in [2.45, 2.75) is 19.5 Å². The molecule has 96 valence electrons. The van der Waals surface area contributed by atoms with Gasteiger partial charge < -0.3 is 9.88 Å². The maximum absolute atomic E-state index is 12.0. The first kappa shape index (κ1) is 13.8. The number of carbonyl (C=O) groups is 1. The number of amides is 1. The molecule has 0 bridgehead atoms. The van der Waals surface area contributed by atoms with Crippen molar-refractivity contribution in [2.24, 2.45) is 0 Å². The average Bonchev–Trinajstić information content (AvgIpc) is 2.90. The third-order valence-electron chi connectivity index (χ3n) is 2.29. The molecule has 7 heteroatoms. The smallest absolute Gasteiger partial charge is 0.261 e. The molecule has 1 amide bonds. The first-order chi connectivity index (χ1) is 8.56. The molecular weight excluding hydrogens is 382 g/mol. The fourth-order valence-electron chi connectivity index (χ4n) is 1.51. The number of thiophene rings is 1. The van der Waals surface area contributed by atoms with Crippen molar-refractivity contribution in [3.63, 3.8) is 0 Å². The minimum Gasteiger partial charge on any atom is -0.347 e. The molecular formula is C11H11Br2N3OS. The predicted octanol–water partition coefficient (Wildman–Crippen LogP) is 3.29. The van der Waals surface area contributed by atoms with Gasteiger partial charge in [0.15, 0.2) is 0 Å². The van der Waals surface area contributed by atoms with Crippen LogP contribution in [0.2, 0.25) is 0 Å². The highest BCUT2D eigenvalue weighted by atomic mass is 79.9. The van der Waals surface area contributed by atoms with Crippen LogP contribution in [0.15, 0.2) is 33.0 Å². The maximum Gasteiger partial charge on any atom is 0.261 e. The van der Waals surface area contributed by atoms with E-state index in [1.165, 1.54) is 11.3 Å². The summed E-state index contributed by atoms with van der Waals surface area (Å²) in [5.74, 6) is -0.0565. The van der Waals surface area contributed by atoms with Gasteiger partial charge in [-0.1, -0.05) is 0 Å². The Balaban J connectivity index is 1.94. The lowest BCUT2D eigenvalue weighted by molar-refractivity contribution is 0.0941. The summed E-state index contributed by atoms with van der Waals surface area (Å²) in [6, 6.07) is 1.86. The van der Waals surface area contributed by atoms with E-state index >= 15 is 0 Å². The van der Waals surface area contributed by atoms with Crippen LogP contribution in [0, 0.1) is 0 Å². The van der Waals surface area contributed by atoms with Crippen molar-refractivity contribution in [3.8, 4) is 0 Å². The second kappa shape index (κ2) is 5.99. The van der Waals surface area contributed by atoms with Gasteiger partial charge in [-0.25, -0.2) is 4.98 Å². The molecule has 2 aromatic heterocycles. The number of carbonyl (C=O) groups excluding carboxylic acids is 1. The molecule has 18 heavy (non-hydrogen) atoms. The third-order valence-corrected chi connectivity index (χ3v) is 5.55. The van der Waals surface area contributed by atoms with Crippen molar-refractivity contribution in [1.82, 2.24) is 14.9 Å². The molecule has 1 N–H and O–H groups in total. The SMILES string of the molecule is CC(Cn1ccnc1)NC(=O)c1cc(Br)c(Br)s1.